The van der Waals surface area contributed by atoms with Crippen LogP contribution in [0.15, 0.2) is 47.5 Å². The van der Waals surface area contributed by atoms with Crippen molar-refractivity contribution in [2.45, 2.75) is 26.7 Å². The van der Waals surface area contributed by atoms with Gasteiger partial charge < -0.3 is 0 Å². The highest BCUT2D eigenvalue weighted by Crippen LogP contribution is 2.27. The normalized spacial score (nSPS) is 11.3. The second-order valence-electron chi connectivity index (χ2n) is 5.71. The lowest BCUT2D eigenvalue weighted by Crippen LogP contribution is -2.24. The second-order valence-corrected chi connectivity index (χ2v) is 5.71. The van der Waals surface area contributed by atoms with E-state index in [0.717, 1.165) is 10.1 Å². The molecule has 4 heteroatoms. The Kier molecular flexibility index (Phi) is 3.53. The highest BCUT2D eigenvalue weighted by atomic mass is 19.1. The Morgan fingerprint density at radius 3 is 2.45 bits per heavy atom. The largest absolute Gasteiger partial charge is 0.268 e. The molecule has 0 bridgehead atoms. The van der Waals surface area contributed by atoms with E-state index in [1.807, 2.05) is 26.8 Å². The molecule has 3 rings (SSSR count). The van der Waals surface area contributed by atoms with Crippen LogP contribution in [0.2, 0.25) is 0 Å². The number of hydrogen-bond acceptors (Lipinski definition) is 2. The second kappa shape index (κ2) is 5.37. The highest BCUT2D eigenvalue weighted by Gasteiger charge is 2.20. The molecule has 2 aromatic heterocycles. The lowest BCUT2D eigenvalue weighted by Gasteiger charge is -2.17. The van der Waals surface area contributed by atoms with E-state index in [0.29, 0.717) is 22.0 Å². The lowest BCUT2D eigenvalue weighted by atomic mass is 9.97. The molecule has 0 fully saturated rings. The average molecular weight is 296 g/mol. The van der Waals surface area contributed by atoms with Gasteiger partial charge in [0.2, 0.25) is 5.95 Å². The molecule has 0 unspecified atom stereocenters. The zero-order valence-electron chi connectivity index (χ0n) is 12.8. The minimum atomic E-state index is -0.493. The van der Waals surface area contributed by atoms with E-state index in [-0.39, 0.29) is 11.5 Å². The quantitative estimate of drug-likeness (QED) is 0.671. The number of hydrogen-bond donors (Lipinski definition) is 0. The fraction of sp³-hybridized carbons (Fsp3) is 0.222. The minimum absolute atomic E-state index is 0.0288. The predicted octanol–water partition coefficient (Wildman–Crippen LogP) is 3.96. The Bertz CT molecular complexity index is 913. The molecule has 0 N–H and O–H groups in total. The maximum atomic E-state index is 15.1. The molecule has 0 spiro atoms. The van der Waals surface area contributed by atoms with Crippen molar-refractivity contribution >= 4 is 10.8 Å². The molecule has 112 valence electrons. The Morgan fingerprint density at radius 2 is 1.82 bits per heavy atom. The van der Waals surface area contributed by atoms with Crippen LogP contribution >= 0.6 is 0 Å². The van der Waals surface area contributed by atoms with Gasteiger partial charge in [-0.25, -0.2) is 0 Å². The van der Waals surface area contributed by atoms with Crippen molar-refractivity contribution in [1.29, 1.82) is 0 Å². The summed E-state index contributed by atoms with van der Waals surface area (Å²) in [5.74, 6) is -0.521. The Morgan fingerprint density at radius 1 is 1.14 bits per heavy atom. The maximum absolute atomic E-state index is 15.1. The number of rotatable bonds is 2. The number of nitrogens with zero attached hydrogens (tertiary/aromatic N) is 2. The third-order valence-corrected chi connectivity index (χ3v) is 3.88. The zero-order valence-corrected chi connectivity index (χ0v) is 12.8. The number of aromatic nitrogens is 2. The summed E-state index contributed by atoms with van der Waals surface area (Å²) in [5.41, 5.74) is 1.51. The van der Waals surface area contributed by atoms with Crippen LogP contribution in [0.3, 0.4) is 0 Å². The van der Waals surface area contributed by atoms with Crippen molar-refractivity contribution in [3.8, 4) is 5.69 Å². The Balaban J connectivity index is 2.52. The van der Waals surface area contributed by atoms with Gasteiger partial charge in [0.1, 0.15) is 0 Å². The SMILES string of the molecule is Cc1cnccc1-n1c(F)c(C(C)C)c2ccccc2c1=O. The first kappa shape index (κ1) is 14.4. The van der Waals surface area contributed by atoms with Crippen molar-refractivity contribution < 1.29 is 4.39 Å². The van der Waals surface area contributed by atoms with Gasteiger partial charge in [0.15, 0.2) is 0 Å². The number of aryl methyl sites for hydroxylation is 1. The van der Waals surface area contributed by atoms with Crippen LogP contribution in [0, 0.1) is 12.9 Å². The number of benzene rings is 1. The third-order valence-electron chi connectivity index (χ3n) is 3.88. The topological polar surface area (TPSA) is 34.9 Å². The van der Waals surface area contributed by atoms with Crippen molar-refractivity contribution in [2.24, 2.45) is 0 Å². The van der Waals surface area contributed by atoms with Crippen molar-refractivity contribution in [3.05, 3.63) is 70.2 Å². The molecule has 3 nitrogen and oxygen atoms in total. The van der Waals surface area contributed by atoms with E-state index in [4.69, 9.17) is 0 Å². The average Bonchev–Trinajstić information content (AvgIpc) is 2.49. The zero-order chi connectivity index (χ0) is 15.9. The molecular formula is C18H17FN2O. The summed E-state index contributed by atoms with van der Waals surface area (Å²) in [5, 5.41) is 1.21. The summed E-state index contributed by atoms with van der Waals surface area (Å²) in [6.07, 6.45) is 3.20. The van der Waals surface area contributed by atoms with Crippen molar-refractivity contribution in [1.82, 2.24) is 9.55 Å². The van der Waals surface area contributed by atoms with Crippen LogP contribution in [0.1, 0.15) is 30.9 Å². The Labute approximate surface area is 128 Å². The van der Waals surface area contributed by atoms with E-state index >= 15 is 4.39 Å². The predicted molar refractivity (Wildman–Crippen MR) is 86.1 cm³/mol. The number of fused-ring (bicyclic) bond motifs is 1. The summed E-state index contributed by atoms with van der Waals surface area (Å²) in [7, 11) is 0. The van der Waals surface area contributed by atoms with E-state index < -0.39 is 5.95 Å². The van der Waals surface area contributed by atoms with E-state index in [1.54, 1.807) is 36.7 Å². The number of halogens is 1. The first-order chi connectivity index (χ1) is 10.5. The van der Waals surface area contributed by atoms with Gasteiger partial charge >= 0.3 is 0 Å². The standard InChI is InChI=1S/C18H17FN2O/c1-11(2)16-13-6-4-5-7-14(13)18(22)21(17(16)19)15-8-9-20-10-12(15)3/h4-11H,1-3H3. The van der Waals surface area contributed by atoms with Crippen molar-refractivity contribution in [2.75, 3.05) is 0 Å². The van der Waals surface area contributed by atoms with Crippen LogP contribution < -0.4 is 5.56 Å². The van der Waals surface area contributed by atoms with E-state index in [9.17, 15) is 4.79 Å². The molecule has 3 aromatic rings. The van der Waals surface area contributed by atoms with E-state index in [1.165, 1.54) is 0 Å². The monoisotopic (exact) mass is 296 g/mol. The molecule has 0 aliphatic carbocycles. The van der Waals surface area contributed by atoms with Crippen LogP contribution in [0.4, 0.5) is 4.39 Å². The van der Waals surface area contributed by atoms with Crippen LogP contribution in [-0.2, 0) is 0 Å². The van der Waals surface area contributed by atoms with Gasteiger partial charge in [0.05, 0.1) is 5.69 Å². The highest BCUT2D eigenvalue weighted by molar-refractivity contribution is 5.85. The van der Waals surface area contributed by atoms with Crippen LogP contribution in [-0.4, -0.2) is 9.55 Å². The van der Waals surface area contributed by atoms with Gasteiger partial charge in [-0.2, -0.15) is 4.39 Å². The van der Waals surface area contributed by atoms with Gasteiger partial charge in [-0.1, -0.05) is 32.0 Å². The maximum Gasteiger partial charge on any atom is 0.265 e. The summed E-state index contributed by atoms with van der Waals surface area (Å²) in [4.78, 5) is 16.8. The molecule has 0 atom stereocenters. The van der Waals surface area contributed by atoms with Crippen LogP contribution in [0.25, 0.3) is 16.5 Å². The first-order valence-electron chi connectivity index (χ1n) is 7.26. The lowest BCUT2D eigenvalue weighted by molar-refractivity contribution is 0.523. The molecule has 0 saturated carbocycles. The number of pyridine rings is 2. The van der Waals surface area contributed by atoms with Crippen LogP contribution in [0.5, 0.6) is 0 Å². The molecule has 0 aliphatic rings. The van der Waals surface area contributed by atoms with Gasteiger partial charge in [-0.05, 0) is 35.9 Å². The van der Waals surface area contributed by atoms with Gasteiger partial charge in [-0.3, -0.25) is 14.3 Å². The molecular weight excluding hydrogens is 279 g/mol. The molecule has 0 aliphatic heterocycles. The van der Waals surface area contributed by atoms with Gasteiger partial charge in [-0.15, -0.1) is 0 Å². The molecule has 0 radical (unpaired) electrons. The third kappa shape index (κ3) is 2.11. The van der Waals surface area contributed by atoms with Gasteiger partial charge in [0, 0.05) is 23.3 Å². The summed E-state index contributed by atoms with van der Waals surface area (Å²) >= 11 is 0. The summed E-state index contributed by atoms with van der Waals surface area (Å²) in [6.45, 7) is 5.68. The first-order valence-corrected chi connectivity index (χ1v) is 7.26. The summed E-state index contributed by atoms with van der Waals surface area (Å²) < 4.78 is 16.3. The molecule has 22 heavy (non-hydrogen) atoms. The molecule has 0 saturated heterocycles. The van der Waals surface area contributed by atoms with Gasteiger partial charge in [0.25, 0.3) is 5.56 Å². The van der Waals surface area contributed by atoms with Crippen molar-refractivity contribution in [3.63, 3.8) is 0 Å². The fourth-order valence-corrected chi connectivity index (χ4v) is 2.83. The molecule has 2 heterocycles. The summed E-state index contributed by atoms with van der Waals surface area (Å²) in [6, 6.07) is 8.85. The fourth-order valence-electron chi connectivity index (χ4n) is 2.83. The minimum Gasteiger partial charge on any atom is -0.268 e. The smallest absolute Gasteiger partial charge is 0.265 e. The Hall–Kier alpha value is -2.49. The van der Waals surface area contributed by atoms with E-state index in [2.05, 4.69) is 4.98 Å². The molecule has 1 aromatic carbocycles. The molecule has 0 amide bonds.